The van der Waals surface area contributed by atoms with E-state index < -0.39 is 10.0 Å². The maximum Gasteiger partial charge on any atom is 0.263 e. The van der Waals surface area contributed by atoms with Gasteiger partial charge in [-0.3, -0.25) is 4.72 Å². The van der Waals surface area contributed by atoms with E-state index >= 15 is 0 Å². The molecule has 0 unspecified atom stereocenters. The molecule has 2 heterocycles. The first-order valence-electron chi connectivity index (χ1n) is 7.26. The molecule has 0 aliphatic carbocycles. The zero-order chi connectivity index (χ0) is 16.6. The van der Waals surface area contributed by atoms with Crippen LogP contribution in [0.3, 0.4) is 0 Å². The fourth-order valence-corrected chi connectivity index (χ4v) is 3.51. The van der Waals surface area contributed by atoms with Gasteiger partial charge in [0.15, 0.2) is 17.3 Å². The molecule has 0 saturated carbocycles. The number of aromatic nitrogens is 2. The van der Waals surface area contributed by atoms with Gasteiger partial charge in [0.1, 0.15) is 19.5 Å². The number of para-hydroxylation sites is 1. The Morgan fingerprint density at radius 3 is 2.62 bits per heavy atom. The van der Waals surface area contributed by atoms with E-state index in [4.69, 9.17) is 9.47 Å². The Bertz CT molecular complexity index is 1020. The number of sulfonamides is 1. The number of fused-ring (bicyclic) bond motifs is 2. The molecule has 0 atom stereocenters. The van der Waals surface area contributed by atoms with Crippen LogP contribution in [0.2, 0.25) is 0 Å². The van der Waals surface area contributed by atoms with Crippen molar-refractivity contribution in [2.75, 3.05) is 17.9 Å². The maximum absolute atomic E-state index is 12.7. The first-order valence-corrected chi connectivity index (χ1v) is 8.74. The molecular weight excluding hydrogens is 330 g/mol. The van der Waals surface area contributed by atoms with Crippen LogP contribution >= 0.6 is 0 Å². The molecule has 0 fully saturated rings. The van der Waals surface area contributed by atoms with Crippen molar-refractivity contribution in [3.8, 4) is 11.5 Å². The van der Waals surface area contributed by atoms with E-state index in [0.717, 1.165) is 0 Å². The van der Waals surface area contributed by atoms with Crippen molar-refractivity contribution >= 4 is 26.7 Å². The third-order valence-corrected chi connectivity index (χ3v) is 4.93. The second-order valence-corrected chi connectivity index (χ2v) is 6.83. The molecule has 0 bridgehead atoms. The summed E-state index contributed by atoms with van der Waals surface area (Å²) < 4.78 is 38.7. The van der Waals surface area contributed by atoms with Crippen molar-refractivity contribution < 1.29 is 17.9 Å². The van der Waals surface area contributed by atoms with Crippen molar-refractivity contribution in [2.24, 2.45) is 0 Å². The van der Waals surface area contributed by atoms with Gasteiger partial charge in [-0.05, 0) is 24.3 Å². The second kappa shape index (κ2) is 5.64. The summed E-state index contributed by atoms with van der Waals surface area (Å²) >= 11 is 0. The molecule has 0 spiro atoms. The Morgan fingerprint density at radius 1 is 0.958 bits per heavy atom. The molecule has 0 radical (unpaired) electrons. The van der Waals surface area contributed by atoms with Gasteiger partial charge in [-0.15, -0.1) is 0 Å². The SMILES string of the molecule is O=S(=O)(Nc1ncnc2ccccc12)c1ccc2c(c1)OCCO2. The van der Waals surface area contributed by atoms with Gasteiger partial charge in [0.25, 0.3) is 10.0 Å². The quantitative estimate of drug-likeness (QED) is 0.784. The Hall–Kier alpha value is -2.87. The first kappa shape index (κ1) is 14.7. The topological polar surface area (TPSA) is 90.4 Å². The lowest BCUT2D eigenvalue weighted by atomic mass is 10.2. The number of nitrogens with zero attached hydrogens (tertiary/aromatic N) is 2. The molecular formula is C16H13N3O4S. The molecule has 1 N–H and O–H groups in total. The molecule has 24 heavy (non-hydrogen) atoms. The monoisotopic (exact) mass is 343 g/mol. The zero-order valence-electron chi connectivity index (χ0n) is 12.5. The Labute approximate surface area is 138 Å². The molecule has 1 aliphatic heterocycles. The van der Waals surface area contributed by atoms with E-state index in [2.05, 4.69) is 14.7 Å². The molecule has 8 heteroatoms. The van der Waals surface area contributed by atoms with E-state index in [1.54, 1.807) is 24.3 Å². The zero-order valence-corrected chi connectivity index (χ0v) is 13.3. The molecule has 4 rings (SSSR count). The third-order valence-electron chi connectivity index (χ3n) is 3.60. The maximum atomic E-state index is 12.7. The van der Waals surface area contributed by atoms with Crippen molar-refractivity contribution in [3.63, 3.8) is 0 Å². The van der Waals surface area contributed by atoms with E-state index in [1.165, 1.54) is 18.5 Å². The molecule has 3 aromatic rings. The summed E-state index contributed by atoms with van der Waals surface area (Å²) in [6.07, 6.45) is 1.32. The van der Waals surface area contributed by atoms with E-state index in [1.807, 2.05) is 6.07 Å². The minimum Gasteiger partial charge on any atom is -0.486 e. The largest absolute Gasteiger partial charge is 0.486 e. The van der Waals surface area contributed by atoms with Gasteiger partial charge in [-0.25, -0.2) is 18.4 Å². The lowest BCUT2D eigenvalue weighted by Crippen LogP contribution is -2.17. The van der Waals surface area contributed by atoms with Crippen LogP contribution in [0, 0.1) is 0 Å². The second-order valence-electron chi connectivity index (χ2n) is 5.15. The number of anilines is 1. The van der Waals surface area contributed by atoms with Crippen LogP contribution in [0.15, 0.2) is 53.7 Å². The standard InChI is InChI=1S/C16H13N3O4S/c20-24(21,11-5-6-14-15(9-11)23-8-7-22-14)19-16-12-3-1-2-4-13(12)17-10-18-16/h1-6,9-10H,7-8H2,(H,17,18,19). The van der Waals surface area contributed by atoms with E-state index in [9.17, 15) is 8.42 Å². The van der Waals surface area contributed by atoms with Gasteiger partial charge >= 0.3 is 0 Å². The highest BCUT2D eigenvalue weighted by Crippen LogP contribution is 2.33. The summed E-state index contributed by atoms with van der Waals surface area (Å²) in [6, 6.07) is 11.7. The van der Waals surface area contributed by atoms with Crippen LogP contribution in [-0.4, -0.2) is 31.6 Å². The van der Waals surface area contributed by atoms with Crippen LogP contribution < -0.4 is 14.2 Å². The highest BCUT2D eigenvalue weighted by Gasteiger charge is 2.20. The minimum absolute atomic E-state index is 0.0782. The van der Waals surface area contributed by atoms with Crippen LogP contribution in [0.5, 0.6) is 11.5 Å². The predicted octanol–water partition coefficient (Wildman–Crippen LogP) is 2.20. The number of hydrogen-bond acceptors (Lipinski definition) is 6. The Balaban J connectivity index is 1.73. The van der Waals surface area contributed by atoms with Crippen molar-refractivity contribution in [2.45, 2.75) is 4.90 Å². The van der Waals surface area contributed by atoms with Crippen LogP contribution in [0.25, 0.3) is 10.9 Å². The average Bonchev–Trinajstić information content (AvgIpc) is 2.61. The summed E-state index contributed by atoms with van der Waals surface area (Å²) in [5.41, 5.74) is 0.660. The fraction of sp³-hybridized carbons (Fsp3) is 0.125. The number of benzene rings is 2. The molecule has 1 aliphatic rings. The van der Waals surface area contributed by atoms with Gasteiger partial charge in [-0.2, -0.15) is 0 Å². The Morgan fingerprint density at radius 2 is 1.75 bits per heavy atom. The van der Waals surface area contributed by atoms with Gasteiger partial charge in [0.2, 0.25) is 0 Å². The summed E-state index contributed by atoms with van der Waals surface area (Å²) in [5.74, 6) is 1.18. The van der Waals surface area contributed by atoms with E-state index in [-0.39, 0.29) is 10.7 Å². The molecule has 122 valence electrons. The van der Waals surface area contributed by atoms with Crippen molar-refractivity contribution in [1.29, 1.82) is 0 Å². The summed E-state index contributed by atoms with van der Waals surface area (Å²) in [5, 5.41) is 0.626. The molecule has 0 saturated heterocycles. The van der Waals surface area contributed by atoms with Crippen molar-refractivity contribution in [3.05, 3.63) is 48.8 Å². The van der Waals surface area contributed by atoms with Crippen LogP contribution in [-0.2, 0) is 10.0 Å². The van der Waals surface area contributed by atoms with Gasteiger partial charge in [-0.1, -0.05) is 12.1 Å². The number of hydrogen-bond donors (Lipinski definition) is 1. The normalized spacial score (nSPS) is 13.7. The van der Waals surface area contributed by atoms with Crippen LogP contribution in [0.1, 0.15) is 0 Å². The lowest BCUT2D eigenvalue weighted by Gasteiger charge is -2.19. The van der Waals surface area contributed by atoms with Gasteiger partial charge in [0, 0.05) is 11.5 Å². The summed E-state index contributed by atoms with van der Waals surface area (Å²) in [4.78, 5) is 8.25. The Kier molecular flexibility index (Phi) is 3.46. The third kappa shape index (κ3) is 2.61. The van der Waals surface area contributed by atoms with Gasteiger partial charge in [0.05, 0.1) is 10.4 Å². The number of nitrogens with one attached hydrogen (secondary N) is 1. The highest BCUT2D eigenvalue weighted by molar-refractivity contribution is 7.92. The molecule has 0 amide bonds. The van der Waals surface area contributed by atoms with Gasteiger partial charge < -0.3 is 9.47 Å². The smallest absolute Gasteiger partial charge is 0.263 e. The van der Waals surface area contributed by atoms with E-state index in [0.29, 0.717) is 35.6 Å². The first-order chi connectivity index (χ1) is 11.6. The van der Waals surface area contributed by atoms with Crippen LogP contribution in [0.4, 0.5) is 5.82 Å². The average molecular weight is 343 g/mol. The molecule has 1 aromatic heterocycles. The predicted molar refractivity (Wildman–Crippen MR) is 87.8 cm³/mol. The fourth-order valence-electron chi connectivity index (χ4n) is 2.46. The number of ether oxygens (including phenoxy) is 2. The minimum atomic E-state index is -3.81. The summed E-state index contributed by atoms with van der Waals surface area (Å²) in [7, 11) is -3.81. The van der Waals surface area contributed by atoms with Crippen molar-refractivity contribution in [1.82, 2.24) is 9.97 Å². The summed E-state index contributed by atoms with van der Waals surface area (Å²) in [6.45, 7) is 0.838. The highest BCUT2D eigenvalue weighted by atomic mass is 32.2. The lowest BCUT2D eigenvalue weighted by molar-refractivity contribution is 0.171. The molecule has 2 aromatic carbocycles. The molecule has 7 nitrogen and oxygen atoms in total. The number of rotatable bonds is 3.